The molecule has 6 heteroatoms. The van der Waals surface area contributed by atoms with E-state index in [1.165, 1.54) is 12.8 Å². The molecule has 128 valence electrons. The van der Waals surface area contributed by atoms with Crippen LogP contribution in [-0.4, -0.2) is 31.4 Å². The molecule has 0 aliphatic heterocycles. The lowest BCUT2D eigenvalue weighted by molar-refractivity contribution is 0.0655. The van der Waals surface area contributed by atoms with E-state index in [1.807, 2.05) is 29.2 Å². The van der Waals surface area contributed by atoms with Gasteiger partial charge in [0.25, 0.3) is 5.91 Å². The van der Waals surface area contributed by atoms with Crippen molar-refractivity contribution >= 4 is 27.5 Å². The second kappa shape index (κ2) is 6.96. The Balaban J connectivity index is 1.71. The number of hydrogen-bond acceptors (Lipinski definition) is 3. The summed E-state index contributed by atoms with van der Waals surface area (Å²) in [4.78, 5) is 19.6. The molecule has 25 heavy (non-hydrogen) atoms. The van der Waals surface area contributed by atoms with Gasteiger partial charge in [0.15, 0.2) is 5.65 Å². The summed E-state index contributed by atoms with van der Waals surface area (Å²) in [5.41, 5.74) is 2.38. The Bertz CT molecular complexity index is 901. The minimum atomic E-state index is 0.0127. The zero-order valence-corrected chi connectivity index (χ0v) is 15.4. The van der Waals surface area contributed by atoms with Gasteiger partial charge in [-0.15, -0.1) is 0 Å². The average Bonchev–Trinajstić information content (AvgIpc) is 3.31. The van der Waals surface area contributed by atoms with E-state index < -0.39 is 0 Å². The smallest absolute Gasteiger partial charge is 0.273 e. The topological polar surface area (TPSA) is 50.5 Å². The first-order valence-corrected chi connectivity index (χ1v) is 9.36. The lowest BCUT2D eigenvalue weighted by Gasteiger charge is -2.29. The molecule has 0 radical (unpaired) electrons. The summed E-state index contributed by atoms with van der Waals surface area (Å²) in [6.07, 6.45) is 7.82. The molecule has 1 amide bonds. The monoisotopic (exact) mass is 398 g/mol. The molecule has 0 atom stereocenters. The third-order valence-corrected chi connectivity index (χ3v) is 5.61. The van der Waals surface area contributed by atoms with Gasteiger partial charge in [-0.3, -0.25) is 4.79 Å². The van der Waals surface area contributed by atoms with Crippen LogP contribution in [-0.2, 0) is 6.54 Å². The average molecular weight is 399 g/mol. The van der Waals surface area contributed by atoms with Gasteiger partial charge in [-0.2, -0.15) is 5.10 Å². The maximum Gasteiger partial charge on any atom is 0.273 e. The number of aromatic nitrogens is 3. The molecule has 1 aliphatic rings. The van der Waals surface area contributed by atoms with Gasteiger partial charge in [-0.05, 0) is 30.5 Å². The molecule has 3 aromatic rings. The number of halogens is 1. The van der Waals surface area contributed by atoms with Crippen LogP contribution < -0.4 is 0 Å². The Hall–Kier alpha value is -2.21. The highest BCUT2D eigenvalue weighted by molar-refractivity contribution is 9.10. The minimum absolute atomic E-state index is 0.0127. The summed E-state index contributed by atoms with van der Waals surface area (Å²) < 4.78 is 2.66. The van der Waals surface area contributed by atoms with Crippen molar-refractivity contribution in [3.05, 3.63) is 64.5 Å². The van der Waals surface area contributed by atoms with Crippen LogP contribution in [0.25, 0.3) is 5.65 Å². The van der Waals surface area contributed by atoms with Gasteiger partial charge in [-0.1, -0.05) is 47.0 Å². The van der Waals surface area contributed by atoms with E-state index in [4.69, 9.17) is 0 Å². The summed E-state index contributed by atoms with van der Waals surface area (Å²) in [5.74, 6) is 0.0127. The molecule has 2 aromatic heterocycles. The number of hydrogen-bond donors (Lipinski definition) is 0. The summed E-state index contributed by atoms with van der Waals surface area (Å²) in [6.45, 7) is 0.593. The first kappa shape index (κ1) is 16.3. The summed E-state index contributed by atoms with van der Waals surface area (Å²) in [6, 6.07) is 11.9. The second-order valence-electron chi connectivity index (χ2n) is 6.39. The minimum Gasteiger partial charge on any atom is -0.330 e. The summed E-state index contributed by atoms with van der Waals surface area (Å²) >= 11 is 3.61. The Morgan fingerprint density at radius 3 is 2.76 bits per heavy atom. The lowest BCUT2D eigenvalue weighted by Crippen LogP contribution is -2.39. The number of rotatable bonds is 4. The Morgan fingerprint density at radius 2 is 1.96 bits per heavy atom. The van der Waals surface area contributed by atoms with Crippen molar-refractivity contribution in [1.29, 1.82) is 0 Å². The standard InChI is InChI=1S/C19H19BrN4O/c20-16-8-4-1-5-14(16)13-23(15-6-2-3-7-15)19(25)17-9-11-21-18-10-12-22-24(17)18/h1,4-5,8-12,15H,2-3,6-7,13H2. The van der Waals surface area contributed by atoms with Crippen molar-refractivity contribution in [2.75, 3.05) is 0 Å². The molecule has 0 unspecified atom stereocenters. The number of fused-ring (bicyclic) bond motifs is 1. The molecule has 1 aliphatic carbocycles. The highest BCUT2D eigenvalue weighted by atomic mass is 79.9. The maximum atomic E-state index is 13.4. The number of benzene rings is 1. The van der Waals surface area contributed by atoms with Crippen LogP contribution in [0, 0.1) is 0 Å². The van der Waals surface area contributed by atoms with Gasteiger partial charge in [0.2, 0.25) is 0 Å². The Morgan fingerprint density at radius 1 is 1.16 bits per heavy atom. The third-order valence-electron chi connectivity index (χ3n) is 4.83. The van der Waals surface area contributed by atoms with Gasteiger partial charge in [0.1, 0.15) is 5.69 Å². The molecule has 1 saturated carbocycles. The predicted octanol–water partition coefficient (Wildman–Crippen LogP) is 4.08. The molecule has 0 saturated heterocycles. The molecule has 5 nitrogen and oxygen atoms in total. The van der Waals surface area contributed by atoms with Crippen molar-refractivity contribution in [1.82, 2.24) is 19.5 Å². The first-order valence-electron chi connectivity index (χ1n) is 8.57. The Labute approximate surface area is 154 Å². The van der Waals surface area contributed by atoms with Crippen molar-refractivity contribution in [3.63, 3.8) is 0 Å². The van der Waals surface area contributed by atoms with Gasteiger partial charge >= 0.3 is 0 Å². The predicted molar refractivity (Wildman–Crippen MR) is 99.3 cm³/mol. The van der Waals surface area contributed by atoms with Crippen LogP contribution in [0.1, 0.15) is 41.7 Å². The van der Waals surface area contributed by atoms with Crippen molar-refractivity contribution in [3.8, 4) is 0 Å². The molecular formula is C19H19BrN4O. The van der Waals surface area contributed by atoms with Gasteiger partial charge in [0.05, 0.1) is 6.20 Å². The van der Waals surface area contributed by atoms with Crippen LogP contribution in [0.15, 0.2) is 53.3 Å². The van der Waals surface area contributed by atoms with Gasteiger partial charge in [-0.25, -0.2) is 9.50 Å². The van der Waals surface area contributed by atoms with Crippen LogP contribution in [0.2, 0.25) is 0 Å². The van der Waals surface area contributed by atoms with E-state index >= 15 is 0 Å². The van der Waals surface area contributed by atoms with E-state index in [1.54, 1.807) is 23.0 Å². The lowest BCUT2D eigenvalue weighted by atomic mass is 10.1. The highest BCUT2D eigenvalue weighted by Gasteiger charge is 2.29. The molecule has 1 aromatic carbocycles. The van der Waals surface area contributed by atoms with Crippen LogP contribution in [0.5, 0.6) is 0 Å². The summed E-state index contributed by atoms with van der Waals surface area (Å²) in [5, 5.41) is 4.27. The molecule has 0 N–H and O–H groups in total. The highest BCUT2D eigenvalue weighted by Crippen LogP contribution is 2.28. The number of carbonyl (C=O) groups excluding carboxylic acids is 1. The third kappa shape index (κ3) is 3.18. The molecular weight excluding hydrogens is 380 g/mol. The van der Waals surface area contributed by atoms with Crippen molar-refractivity contribution < 1.29 is 4.79 Å². The van der Waals surface area contributed by atoms with E-state index in [-0.39, 0.29) is 11.9 Å². The van der Waals surface area contributed by atoms with Crippen molar-refractivity contribution in [2.45, 2.75) is 38.3 Å². The number of carbonyl (C=O) groups is 1. The van der Waals surface area contributed by atoms with Gasteiger partial charge in [0, 0.05) is 29.3 Å². The fraction of sp³-hybridized carbons (Fsp3) is 0.316. The van der Waals surface area contributed by atoms with Crippen LogP contribution in [0.3, 0.4) is 0 Å². The van der Waals surface area contributed by atoms with Gasteiger partial charge < -0.3 is 4.90 Å². The van der Waals surface area contributed by atoms with Crippen LogP contribution in [0.4, 0.5) is 0 Å². The molecule has 4 rings (SSSR count). The number of nitrogens with zero attached hydrogens (tertiary/aromatic N) is 4. The molecule has 0 spiro atoms. The molecule has 2 heterocycles. The maximum absolute atomic E-state index is 13.4. The fourth-order valence-corrected chi connectivity index (χ4v) is 3.95. The van der Waals surface area contributed by atoms with E-state index in [2.05, 4.69) is 32.1 Å². The SMILES string of the molecule is O=C(c1ccnc2ccnn12)N(Cc1ccccc1Br)C1CCCC1. The van der Waals surface area contributed by atoms with E-state index in [0.29, 0.717) is 17.9 Å². The quantitative estimate of drug-likeness (QED) is 0.665. The van der Waals surface area contributed by atoms with E-state index in [9.17, 15) is 4.79 Å². The normalized spacial score (nSPS) is 14.9. The summed E-state index contributed by atoms with van der Waals surface area (Å²) in [7, 11) is 0. The molecule has 0 bridgehead atoms. The largest absolute Gasteiger partial charge is 0.330 e. The molecule has 1 fully saturated rings. The fourth-order valence-electron chi connectivity index (χ4n) is 3.54. The van der Waals surface area contributed by atoms with Crippen molar-refractivity contribution in [2.24, 2.45) is 0 Å². The number of amides is 1. The Kier molecular flexibility index (Phi) is 4.53. The first-order chi connectivity index (χ1) is 12.2. The zero-order chi connectivity index (χ0) is 17.2. The zero-order valence-electron chi connectivity index (χ0n) is 13.8. The van der Waals surface area contributed by atoms with Crippen LogP contribution >= 0.6 is 15.9 Å². The second-order valence-corrected chi connectivity index (χ2v) is 7.25. The van der Waals surface area contributed by atoms with E-state index in [0.717, 1.165) is 22.9 Å².